The van der Waals surface area contributed by atoms with Gasteiger partial charge in [-0.3, -0.25) is 4.79 Å². The summed E-state index contributed by atoms with van der Waals surface area (Å²) in [5, 5.41) is 6.83. The summed E-state index contributed by atoms with van der Waals surface area (Å²) in [7, 11) is 0. The van der Waals surface area contributed by atoms with Crippen molar-refractivity contribution in [2.45, 2.75) is 32.4 Å². The molecule has 0 saturated carbocycles. The number of halogens is 1. The van der Waals surface area contributed by atoms with Crippen LogP contribution in [0.5, 0.6) is 0 Å². The number of carbonyl (C=O) groups is 1. The van der Waals surface area contributed by atoms with Crippen molar-refractivity contribution in [3.05, 3.63) is 22.4 Å². The summed E-state index contributed by atoms with van der Waals surface area (Å²) in [4.78, 5) is 11.4. The highest BCUT2D eigenvalue weighted by Crippen LogP contribution is 2.05. The second-order valence-corrected chi connectivity index (χ2v) is 4.02. The van der Waals surface area contributed by atoms with E-state index >= 15 is 0 Å². The molecule has 0 saturated heterocycles. The molecule has 0 spiro atoms. The van der Waals surface area contributed by atoms with Crippen molar-refractivity contribution < 1.29 is 4.79 Å². The van der Waals surface area contributed by atoms with Crippen LogP contribution in [0.3, 0.4) is 0 Å². The minimum Gasteiger partial charge on any atom is -0.351 e. The fourth-order valence-electron chi connectivity index (χ4n) is 1.16. The van der Waals surface area contributed by atoms with Crippen LogP contribution in [0.15, 0.2) is 16.8 Å². The van der Waals surface area contributed by atoms with E-state index in [1.807, 2.05) is 23.8 Å². The van der Waals surface area contributed by atoms with Gasteiger partial charge in [-0.25, -0.2) is 0 Å². The molecule has 0 aromatic carbocycles. The monoisotopic (exact) mass is 248 g/mol. The highest BCUT2D eigenvalue weighted by molar-refractivity contribution is 7.07. The summed E-state index contributed by atoms with van der Waals surface area (Å²) in [6.45, 7) is 2.60. The van der Waals surface area contributed by atoms with E-state index < -0.39 is 0 Å². The zero-order chi connectivity index (χ0) is 10.4. The van der Waals surface area contributed by atoms with Crippen LogP contribution in [0.25, 0.3) is 0 Å². The molecule has 15 heavy (non-hydrogen) atoms. The van der Waals surface area contributed by atoms with E-state index in [9.17, 15) is 4.79 Å². The Morgan fingerprint density at radius 3 is 2.93 bits per heavy atom. The lowest BCUT2D eigenvalue weighted by Gasteiger charge is -2.10. The molecule has 86 valence electrons. The van der Waals surface area contributed by atoms with Crippen molar-refractivity contribution in [1.29, 1.82) is 0 Å². The third kappa shape index (κ3) is 5.16. The van der Waals surface area contributed by atoms with Crippen LogP contribution in [-0.4, -0.2) is 11.9 Å². The van der Waals surface area contributed by atoms with Crippen LogP contribution < -0.4 is 11.1 Å². The maximum Gasteiger partial charge on any atom is 0.237 e. The maximum atomic E-state index is 11.4. The highest BCUT2D eigenvalue weighted by atomic mass is 35.5. The maximum absolute atomic E-state index is 11.4. The van der Waals surface area contributed by atoms with E-state index in [4.69, 9.17) is 5.73 Å². The molecule has 0 bridgehead atoms. The summed E-state index contributed by atoms with van der Waals surface area (Å²) in [6.07, 6.45) is 1.68. The zero-order valence-corrected chi connectivity index (χ0v) is 10.4. The van der Waals surface area contributed by atoms with Gasteiger partial charge in [0.1, 0.15) is 0 Å². The van der Waals surface area contributed by atoms with Crippen LogP contribution in [0, 0.1) is 0 Å². The molecule has 1 unspecified atom stereocenters. The molecule has 3 N–H and O–H groups in total. The van der Waals surface area contributed by atoms with Crippen molar-refractivity contribution in [3.63, 3.8) is 0 Å². The predicted molar refractivity (Wildman–Crippen MR) is 66.3 cm³/mol. The minimum absolute atomic E-state index is 0. The molecule has 1 atom stereocenters. The van der Waals surface area contributed by atoms with Crippen molar-refractivity contribution in [2.24, 2.45) is 5.73 Å². The zero-order valence-electron chi connectivity index (χ0n) is 8.73. The molecule has 0 aliphatic heterocycles. The number of hydrogen-bond donors (Lipinski definition) is 2. The quantitative estimate of drug-likeness (QED) is 0.837. The molecule has 0 aliphatic rings. The number of carbonyl (C=O) groups excluding carboxylic acids is 1. The number of nitrogens with two attached hydrogens (primary N) is 1. The first kappa shape index (κ1) is 14.4. The first-order chi connectivity index (χ1) is 6.74. The second kappa shape index (κ2) is 7.68. The largest absolute Gasteiger partial charge is 0.351 e. The molecule has 0 radical (unpaired) electrons. The fraction of sp³-hybridized carbons (Fsp3) is 0.500. The number of thiophene rings is 1. The van der Waals surface area contributed by atoms with Gasteiger partial charge in [0, 0.05) is 6.54 Å². The first-order valence-electron chi connectivity index (χ1n) is 4.78. The third-order valence-electron chi connectivity index (χ3n) is 1.98. The summed E-state index contributed by atoms with van der Waals surface area (Å²) >= 11 is 1.63. The normalized spacial score (nSPS) is 11.6. The molecule has 0 fully saturated rings. The standard InChI is InChI=1S/C10H16N2OS.ClH/c1-2-3-9(11)10(13)12-6-8-4-5-14-7-8;/h4-5,7,9H,2-3,6,11H2,1H3,(H,12,13);1H. The van der Waals surface area contributed by atoms with Gasteiger partial charge in [-0.1, -0.05) is 13.3 Å². The van der Waals surface area contributed by atoms with Crippen LogP contribution in [0.1, 0.15) is 25.3 Å². The predicted octanol–water partition coefficient (Wildman–Crippen LogP) is 1.91. The van der Waals surface area contributed by atoms with Gasteiger partial charge in [-0.15, -0.1) is 12.4 Å². The lowest BCUT2D eigenvalue weighted by atomic mass is 10.1. The Labute approximate surface area is 100 Å². The molecule has 1 aromatic rings. The molecule has 0 aliphatic carbocycles. The molecule has 1 heterocycles. The smallest absolute Gasteiger partial charge is 0.237 e. The summed E-state index contributed by atoms with van der Waals surface area (Å²) < 4.78 is 0. The highest BCUT2D eigenvalue weighted by Gasteiger charge is 2.10. The van der Waals surface area contributed by atoms with Gasteiger partial charge in [0.15, 0.2) is 0 Å². The van der Waals surface area contributed by atoms with Crippen molar-refractivity contribution >= 4 is 29.7 Å². The lowest BCUT2D eigenvalue weighted by molar-refractivity contribution is -0.122. The Bertz CT molecular complexity index is 277. The van der Waals surface area contributed by atoms with E-state index in [0.717, 1.165) is 18.4 Å². The molecule has 5 heteroatoms. The van der Waals surface area contributed by atoms with Crippen LogP contribution in [0.4, 0.5) is 0 Å². The van der Waals surface area contributed by atoms with E-state index in [0.29, 0.717) is 6.54 Å². The van der Waals surface area contributed by atoms with Crippen molar-refractivity contribution in [3.8, 4) is 0 Å². The van der Waals surface area contributed by atoms with Gasteiger partial charge in [-0.2, -0.15) is 11.3 Å². The van der Waals surface area contributed by atoms with E-state index in [1.54, 1.807) is 11.3 Å². The van der Waals surface area contributed by atoms with E-state index in [1.165, 1.54) is 0 Å². The van der Waals surface area contributed by atoms with Gasteiger partial charge in [0.2, 0.25) is 5.91 Å². The number of rotatable bonds is 5. The number of hydrogen-bond acceptors (Lipinski definition) is 3. The van der Waals surface area contributed by atoms with E-state index in [2.05, 4.69) is 5.32 Å². The van der Waals surface area contributed by atoms with Crippen molar-refractivity contribution in [2.75, 3.05) is 0 Å². The molecule has 1 aromatic heterocycles. The van der Waals surface area contributed by atoms with Gasteiger partial charge >= 0.3 is 0 Å². The Kier molecular flexibility index (Phi) is 7.38. The third-order valence-corrected chi connectivity index (χ3v) is 2.72. The molecule has 1 amide bonds. The fourth-order valence-corrected chi connectivity index (χ4v) is 1.82. The van der Waals surface area contributed by atoms with Crippen LogP contribution >= 0.6 is 23.7 Å². The molecular weight excluding hydrogens is 232 g/mol. The minimum atomic E-state index is -0.362. The average molecular weight is 249 g/mol. The van der Waals surface area contributed by atoms with Crippen molar-refractivity contribution in [1.82, 2.24) is 5.32 Å². The average Bonchev–Trinajstić information content (AvgIpc) is 2.67. The Hall–Kier alpha value is -0.580. The summed E-state index contributed by atoms with van der Waals surface area (Å²) in [5.74, 6) is -0.0574. The topological polar surface area (TPSA) is 55.1 Å². The van der Waals surface area contributed by atoms with Gasteiger partial charge in [0.05, 0.1) is 6.04 Å². The van der Waals surface area contributed by atoms with Gasteiger partial charge in [0.25, 0.3) is 0 Å². The Morgan fingerprint density at radius 1 is 1.67 bits per heavy atom. The van der Waals surface area contributed by atoms with Crippen LogP contribution in [0.2, 0.25) is 0 Å². The summed E-state index contributed by atoms with van der Waals surface area (Å²) in [5.41, 5.74) is 6.79. The Morgan fingerprint density at radius 2 is 2.40 bits per heavy atom. The summed E-state index contributed by atoms with van der Waals surface area (Å²) in [6, 6.07) is 1.63. The second-order valence-electron chi connectivity index (χ2n) is 3.24. The number of nitrogens with one attached hydrogen (secondary N) is 1. The van der Waals surface area contributed by atoms with Gasteiger partial charge < -0.3 is 11.1 Å². The Balaban J connectivity index is 0.00000196. The molecule has 1 rings (SSSR count). The van der Waals surface area contributed by atoms with Crippen LogP contribution in [-0.2, 0) is 11.3 Å². The lowest BCUT2D eigenvalue weighted by Crippen LogP contribution is -2.39. The first-order valence-corrected chi connectivity index (χ1v) is 5.72. The van der Waals surface area contributed by atoms with E-state index in [-0.39, 0.29) is 24.4 Å². The van der Waals surface area contributed by atoms with Gasteiger partial charge in [-0.05, 0) is 28.8 Å². The SMILES string of the molecule is CCCC(N)C(=O)NCc1ccsc1.Cl. The molecular formula is C10H17ClN2OS. The number of amides is 1. The molecule has 3 nitrogen and oxygen atoms in total.